The second-order valence-electron chi connectivity index (χ2n) is 4.58. The molecular weight excluding hydrogens is 288 g/mol. The Morgan fingerprint density at radius 2 is 1.90 bits per heavy atom. The normalized spacial score (nSPS) is 10.1. The van der Waals surface area contributed by atoms with Crippen LogP contribution < -0.4 is 10.6 Å². The van der Waals surface area contributed by atoms with E-state index >= 15 is 0 Å². The van der Waals surface area contributed by atoms with E-state index in [1.165, 1.54) is 5.56 Å². The van der Waals surface area contributed by atoms with E-state index in [-0.39, 0.29) is 0 Å². The summed E-state index contributed by atoms with van der Waals surface area (Å²) in [7, 11) is 0. The third kappa shape index (κ3) is 4.51. The van der Waals surface area contributed by atoms with Crippen molar-refractivity contribution in [3.8, 4) is 0 Å². The smallest absolute Gasteiger partial charge is 0.170 e. The molecule has 0 fully saturated rings. The maximum Gasteiger partial charge on any atom is 0.170 e. The van der Waals surface area contributed by atoms with Gasteiger partial charge in [-0.3, -0.25) is 0 Å². The Labute approximate surface area is 130 Å². The standard InChI is InChI=1S/C16H17ClN2S/c1-12-7-8-14(17)11-15(12)19-16(20)18-10-9-13-5-3-2-4-6-13/h2-8,11H,9-10H2,1H3,(H2,18,19,20). The van der Waals surface area contributed by atoms with Crippen LogP contribution in [0.4, 0.5) is 5.69 Å². The van der Waals surface area contributed by atoms with Crippen molar-refractivity contribution < 1.29 is 0 Å². The van der Waals surface area contributed by atoms with Gasteiger partial charge >= 0.3 is 0 Å². The van der Waals surface area contributed by atoms with Gasteiger partial charge in [-0.15, -0.1) is 0 Å². The summed E-state index contributed by atoms with van der Waals surface area (Å²) in [5.41, 5.74) is 3.35. The minimum Gasteiger partial charge on any atom is -0.362 e. The van der Waals surface area contributed by atoms with Crippen LogP contribution in [0.1, 0.15) is 11.1 Å². The van der Waals surface area contributed by atoms with Crippen LogP contribution in [0.3, 0.4) is 0 Å². The third-order valence-corrected chi connectivity index (χ3v) is 3.47. The average molecular weight is 305 g/mol. The molecule has 2 aromatic carbocycles. The fourth-order valence-corrected chi connectivity index (χ4v) is 2.24. The molecule has 104 valence electrons. The fraction of sp³-hybridized carbons (Fsp3) is 0.188. The van der Waals surface area contributed by atoms with Gasteiger partial charge in [0.15, 0.2) is 5.11 Å². The first-order valence-corrected chi connectivity index (χ1v) is 7.29. The van der Waals surface area contributed by atoms with E-state index in [9.17, 15) is 0 Å². The van der Waals surface area contributed by atoms with Crippen molar-refractivity contribution in [3.05, 3.63) is 64.7 Å². The third-order valence-electron chi connectivity index (χ3n) is 2.99. The molecule has 0 aliphatic carbocycles. The van der Waals surface area contributed by atoms with Crippen molar-refractivity contribution in [1.29, 1.82) is 0 Å². The molecule has 0 amide bonds. The van der Waals surface area contributed by atoms with Crippen LogP contribution in [-0.2, 0) is 6.42 Å². The summed E-state index contributed by atoms with van der Waals surface area (Å²) in [5, 5.41) is 7.69. The second kappa shape index (κ2) is 7.27. The molecule has 2 nitrogen and oxygen atoms in total. The summed E-state index contributed by atoms with van der Waals surface area (Å²) < 4.78 is 0. The number of benzene rings is 2. The highest BCUT2D eigenvalue weighted by molar-refractivity contribution is 7.80. The van der Waals surface area contributed by atoms with Gasteiger partial charge in [0.2, 0.25) is 0 Å². The molecule has 0 unspecified atom stereocenters. The second-order valence-corrected chi connectivity index (χ2v) is 5.42. The lowest BCUT2D eigenvalue weighted by Crippen LogP contribution is -2.30. The van der Waals surface area contributed by atoms with E-state index in [4.69, 9.17) is 23.8 Å². The predicted octanol–water partition coefficient (Wildman–Crippen LogP) is 4.18. The molecule has 0 aliphatic rings. The lowest BCUT2D eigenvalue weighted by molar-refractivity contribution is 0.873. The topological polar surface area (TPSA) is 24.1 Å². The Morgan fingerprint density at radius 1 is 1.15 bits per heavy atom. The largest absolute Gasteiger partial charge is 0.362 e. The van der Waals surface area contributed by atoms with Crippen molar-refractivity contribution >= 4 is 34.6 Å². The molecule has 2 rings (SSSR count). The Hall–Kier alpha value is -1.58. The summed E-state index contributed by atoms with van der Waals surface area (Å²) in [5.74, 6) is 0. The molecule has 4 heteroatoms. The quantitative estimate of drug-likeness (QED) is 0.829. The maximum atomic E-state index is 5.98. The summed E-state index contributed by atoms with van der Waals surface area (Å²) in [4.78, 5) is 0. The van der Waals surface area contributed by atoms with Gasteiger partial charge in [-0.25, -0.2) is 0 Å². The molecule has 20 heavy (non-hydrogen) atoms. The van der Waals surface area contributed by atoms with Crippen molar-refractivity contribution in [2.24, 2.45) is 0 Å². The number of rotatable bonds is 4. The van der Waals surface area contributed by atoms with Crippen LogP contribution in [0.15, 0.2) is 48.5 Å². The summed E-state index contributed by atoms with van der Waals surface area (Å²) in [6.45, 7) is 2.82. The molecule has 0 spiro atoms. The van der Waals surface area contributed by atoms with E-state index in [1.54, 1.807) is 0 Å². The molecular formula is C16H17ClN2S. The van der Waals surface area contributed by atoms with Gasteiger partial charge in [-0.2, -0.15) is 0 Å². The molecule has 0 radical (unpaired) electrons. The highest BCUT2D eigenvalue weighted by Crippen LogP contribution is 2.19. The number of nitrogens with one attached hydrogen (secondary N) is 2. The van der Waals surface area contributed by atoms with Gasteiger partial charge in [0.1, 0.15) is 0 Å². The number of hydrogen-bond donors (Lipinski definition) is 2. The van der Waals surface area contributed by atoms with Crippen LogP contribution in [0.5, 0.6) is 0 Å². The lowest BCUT2D eigenvalue weighted by Gasteiger charge is -2.12. The summed E-state index contributed by atoms with van der Waals surface area (Å²) in [6, 6.07) is 16.0. The zero-order chi connectivity index (χ0) is 14.4. The number of halogens is 1. The van der Waals surface area contributed by atoms with Gasteiger partial charge < -0.3 is 10.6 Å². The number of anilines is 1. The molecule has 2 N–H and O–H groups in total. The number of aryl methyl sites for hydroxylation is 1. The van der Waals surface area contributed by atoms with Crippen molar-refractivity contribution in [3.63, 3.8) is 0 Å². The molecule has 0 heterocycles. The van der Waals surface area contributed by atoms with Crippen molar-refractivity contribution in [2.45, 2.75) is 13.3 Å². The van der Waals surface area contributed by atoms with Crippen molar-refractivity contribution in [1.82, 2.24) is 5.32 Å². The van der Waals surface area contributed by atoms with E-state index < -0.39 is 0 Å². The number of thiocarbonyl (C=S) groups is 1. The van der Waals surface area contributed by atoms with E-state index in [0.717, 1.165) is 24.2 Å². The molecule has 0 bridgehead atoms. The van der Waals surface area contributed by atoms with E-state index in [2.05, 4.69) is 22.8 Å². The molecule has 0 aromatic heterocycles. The molecule has 0 saturated carbocycles. The minimum atomic E-state index is 0.617. The van der Waals surface area contributed by atoms with E-state index in [1.807, 2.05) is 43.3 Å². The molecule has 0 atom stereocenters. The van der Waals surface area contributed by atoms with Gasteiger partial charge in [-0.05, 0) is 48.8 Å². The fourth-order valence-electron chi connectivity index (χ4n) is 1.86. The van der Waals surface area contributed by atoms with Crippen molar-refractivity contribution in [2.75, 3.05) is 11.9 Å². The van der Waals surface area contributed by atoms with Gasteiger partial charge in [0.05, 0.1) is 0 Å². The van der Waals surface area contributed by atoms with Gasteiger partial charge in [0.25, 0.3) is 0 Å². The summed E-state index contributed by atoms with van der Waals surface area (Å²) >= 11 is 11.3. The monoisotopic (exact) mass is 304 g/mol. The molecule has 0 saturated heterocycles. The molecule has 0 aliphatic heterocycles. The summed E-state index contributed by atoms with van der Waals surface area (Å²) in [6.07, 6.45) is 0.942. The van der Waals surface area contributed by atoms with Crippen LogP contribution >= 0.6 is 23.8 Å². The SMILES string of the molecule is Cc1ccc(Cl)cc1NC(=S)NCCc1ccccc1. The first kappa shape index (κ1) is 14.8. The molecule has 2 aromatic rings. The lowest BCUT2D eigenvalue weighted by atomic mass is 10.1. The Balaban J connectivity index is 1.82. The van der Waals surface area contributed by atoms with Gasteiger partial charge in [-0.1, -0.05) is 48.0 Å². The average Bonchev–Trinajstić information content (AvgIpc) is 2.44. The Bertz CT molecular complexity index is 584. The minimum absolute atomic E-state index is 0.617. The predicted molar refractivity (Wildman–Crippen MR) is 90.6 cm³/mol. The Morgan fingerprint density at radius 3 is 2.65 bits per heavy atom. The zero-order valence-electron chi connectivity index (χ0n) is 11.3. The maximum absolute atomic E-state index is 5.98. The first-order chi connectivity index (χ1) is 9.65. The van der Waals surface area contributed by atoms with Crippen LogP contribution in [-0.4, -0.2) is 11.7 Å². The number of hydrogen-bond acceptors (Lipinski definition) is 1. The first-order valence-electron chi connectivity index (χ1n) is 6.50. The van der Waals surface area contributed by atoms with Crippen LogP contribution in [0, 0.1) is 6.92 Å². The zero-order valence-corrected chi connectivity index (χ0v) is 12.9. The van der Waals surface area contributed by atoms with Gasteiger partial charge in [0, 0.05) is 17.3 Å². The Kier molecular flexibility index (Phi) is 5.39. The van der Waals surface area contributed by atoms with Crippen LogP contribution in [0.2, 0.25) is 5.02 Å². The van der Waals surface area contributed by atoms with Crippen LogP contribution in [0.25, 0.3) is 0 Å². The van der Waals surface area contributed by atoms with E-state index in [0.29, 0.717) is 10.1 Å². The highest BCUT2D eigenvalue weighted by atomic mass is 35.5. The highest BCUT2D eigenvalue weighted by Gasteiger charge is 2.02.